The highest BCUT2D eigenvalue weighted by atomic mass is 32.2. The molecule has 1 heterocycles. The summed E-state index contributed by atoms with van der Waals surface area (Å²) >= 11 is 0. The molecule has 0 spiro atoms. The van der Waals surface area contributed by atoms with Gasteiger partial charge < -0.3 is 11.1 Å². The number of anilines is 3. The van der Waals surface area contributed by atoms with Gasteiger partial charge in [0.2, 0.25) is 10.0 Å². The largest absolute Gasteiger partial charge is 0.397 e. The fourth-order valence-electron chi connectivity index (χ4n) is 1.61. The Hall–Kier alpha value is -2.61. The second-order valence-electron chi connectivity index (χ2n) is 4.35. The van der Waals surface area contributed by atoms with Gasteiger partial charge in [-0.25, -0.2) is 13.4 Å². The van der Waals surface area contributed by atoms with Crippen LogP contribution < -0.4 is 15.8 Å². The maximum atomic E-state index is 12.1. The molecule has 0 atom stereocenters. The van der Waals surface area contributed by atoms with Crippen molar-refractivity contribution in [2.45, 2.75) is 0 Å². The quantitative estimate of drug-likeness (QED) is 0.787. The van der Waals surface area contributed by atoms with E-state index in [-0.39, 0.29) is 11.4 Å². The van der Waals surface area contributed by atoms with Crippen LogP contribution in [0, 0.1) is 0 Å². The number of nitrogen functional groups attached to an aromatic ring is 1. The first-order valence-corrected chi connectivity index (χ1v) is 7.84. The lowest BCUT2D eigenvalue weighted by Crippen LogP contribution is -2.17. The third-order valence-electron chi connectivity index (χ3n) is 2.49. The number of nitrogens with one attached hydrogen (secondary N) is 2. The van der Waals surface area contributed by atoms with Gasteiger partial charge in [0.25, 0.3) is 5.91 Å². The highest BCUT2D eigenvalue weighted by Gasteiger charge is 2.12. The number of sulfonamides is 1. The van der Waals surface area contributed by atoms with E-state index in [0.717, 1.165) is 6.26 Å². The summed E-state index contributed by atoms with van der Waals surface area (Å²) in [5, 5.41) is 2.60. The zero-order valence-corrected chi connectivity index (χ0v) is 12.0. The molecule has 1 aromatic carbocycles. The maximum Gasteiger partial charge on any atom is 0.274 e. The second-order valence-corrected chi connectivity index (χ2v) is 6.10. The number of hydrogen-bond donors (Lipinski definition) is 3. The molecule has 1 aromatic heterocycles. The van der Waals surface area contributed by atoms with Gasteiger partial charge in [-0.3, -0.25) is 9.52 Å². The monoisotopic (exact) mass is 306 g/mol. The Kier molecular flexibility index (Phi) is 4.08. The third-order valence-corrected chi connectivity index (χ3v) is 3.08. The number of nitrogens with two attached hydrogens (primary N) is 1. The molecule has 2 aromatic rings. The molecular weight excluding hydrogens is 292 g/mol. The number of rotatable bonds is 4. The number of para-hydroxylation sites is 2. The van der Waals surface area contributed by atoms with E-state index in [0.29, 0.717) is 11.4 Å². The third kappa shape index (κ3) is 4.18. The van der Waals surface area contributed by atoms with Crippen LogP contribution >= 0.6 is 0 Å². The van der Waals surface area contributed by atoms with Crippen LogP contribution in [0.4, 0.5) is 17.1 Å². The average Bonchev–Trinajstić information content (AvgIpc) is 2.40. The molecule has 0 aliphatic carbocycles. The van der Waals surface area contributed by atoms with Crippen molar-refractivity contribution in [2.24, 2.45) is 0 Å². The van der Waals surface area contributed by atoms with Gasteiger partial charge in [-0.15, -0.1) is 0 Å². The normalized spacial score (nSPS) is 10.9. The number of pyridine rings is 1. The summed E-state index contributed by atoms with van der Waals surface area (Å²) in [6, 6.07) is 9.51. The molecule has 8 heteroatoms. The van der Waals surface area contributed by atoms with E-state index in [1.165, 1.54) is 12.3 Å². The molecule has 4 N–H and O–H groups in total. The SMILES string of the molecule is CS(=O)(=O)Nc1ccccc1NC(=O)c1ccc(N)cn1. The Morgan fingerprint density at radius 3 is 2.38 bits per heavy atom. The van der Waals surface area contributed by atoms with Crippen LogP contribution in [0.1, 0.15) is 10.5 Å². The van der Waals surface area contributed by atoms with Crippen molar-refractivity contribution < 1.29 is 13.2 Å². The molecule has 1 amide bonds. The van der Waals surface area contributed by atoms with Crippen molar-refractivity contribution in [3.05, 3.63) is 48.3 Å². The van der Waals surface area contributed by atoms with Gasteiger partial charge in [0.15, 0.2) is 0 Å². The zero-order chi connectivity index (χ0) is 15.5. The molecule has 7 nitrogen and oxygen atoms in total. The van der Waals surface area contributed by atoms with Crippen molar-refractivity contribution in [3.8, 4) is 0 Å². The molecule has 21 heavy (non-hydrogen) atoms. The van der Waals surface area contributed by atoms with Crippen molar-refractivity contribution in [3.63, 3.8) is 0 Å². The number of aromatic nitrogens is 1. The highest BCUT2D eigenvalue weighted by molar-refractivity contribution is 7.92. The Balaban J connectivity index is 2.23. The van der Waals surface area contributed by atoms with E-state index in [1.807, 2.05) is 0 Å². The van der Waals surface area contributed by atoms with Crippen LogP contribution in [-0.4, -0.2) is 25.6 Å². The van der Waals surface area contributed by atoms with Crippen molar-refractivity contribution in [1.82, 2.24) is 4.98 Å². The lowest BCUT2D eigenvalue weighted by atomic mass is 10.2. The molecule has 0 bridgehead atoms. The number of benzene rings is 1. The zero-order valence-electron chi connectivity index (χ0n) is 11.2. The predicted octanol–water partition coefficient (Wildman–Crippen LogP) is 1.29. The number of hydrogen-bond acceptors (Lipinski definition) is 5. The van der Waals surface area contributed by atoms with Crippen LogP contribution in [0.3, 0.4) is 0 Å². The summed E-state index contributed by atoms with van der Waals surface area (Å²) in [4.78, 5) is 16.0. The van der Waals surface area contributed by atoms with Gasteiger partial charge in [0, 0.05) is 0 Å². The predicted molar refractivity (Wildman–Crippen MR) is 81.5 cm³/mol. The highest BCUT2D eigenvalue weighted by Crippen LogP contribution is 2.22. The van der Waals surface area contributed by atoms with Crippen LogP contribution in [-0.2, 0) is 10.0 Å². The number of carbonyl (C=O) groups is 1. The van der Waals surface area contributed by atoms with E-state index < -0.39 is 15.9 Å². The molecule has 0 saturated carbocycles. The van der Waals surface area contributed by atoms with E-state index in [9.17, 15) is 13.2 Å². The van der Waals surface area contributed by atoms with Crippen molar-refractivity contribution >= 4 is 33.0 Å². The standard InChI is InChI=1S/C13H14N4O3S/c1-21(19,20)17-11-5-3-2-4-10(11)16-13(18)12-7-6-9(14)8-15-12/h2-8,17H,14H2,1H3,(H,16,18). The summed E-state index contributed by atoms with van der Waals surface area (Å²) in [6.07, 6.45) is 2.41. The summed E-state index contributed by atoms with van der Waals surface area (Å²) in [5.41, 5.74) is 6.75. The molecule has 0 unspecified atom stereocenters. The van der Waals surface area contributed by atoms with E-state index in [1.54, 1.807) is 30.3 Å². The molecule has 0 aliphatic heterocycles. The minimum absolute atomic E-state index is 0.179. The minimum atomic E-state index is -3.44. The minimum Gasteiger partial charge on any atom is -0.397 e. The summed E-state index contributed by atoms with van der Waals surface area (Å²) < 4.78 is 24.9. The Morgan fingerprint density at radius 1 is 1.14 bits per heavy atom. The second kappa shape index (κ2) is 5.80. The van der Waals surface area contributed by atoms with Gasteiger partial charge in [0.05, 0.1) is 29.5 Å². The first-order valence-electron chi connectivity index (χ1n) is 5.95. The molecule has 0 fully saturated rings. The van der Waals surface area contributed by atoms with Gasteiger partial charge >= 0.3 is 0 Å². The van der Waals surface area contributed by atoms with Gasteiger partial charge in [0.1, 0.15) is 5.69 Å². The maximum absolute atomic E-state index is 12.1. The number of amides is 1. The van der Waals surface area contributed by atoms with Crippen LogP contribution in [0.5, 0.6) is 0 Å². The molecule has 0 aliphatic rings. The smallest absolute Gasteiger partial charge is 0.274 e. The lowest BCUT2D eigenvalue weighted by molar-refractivity contribution is 0.102. The first-order chi connectivity index (χ1) is 9.85. The lowest BCUT2D eigenvalue weighted by Gasteiger charge is -2.11. The van der Waals surface area contributed by atoms with Crippen molar-refractivity contribution in [1.29, 1.82) is 0 Å². The Bertz CT molecular complexity index is 757. The first kappa shape index (κ1) is 14.8. The van der Waals surface area contributed by atoms with Gasteiger partial charge in [-0.1, -0.05) is 12.1 Å². The van der Waals surface area contributed by atoms with E-state index in [2.05, 4.69) is 15.0 Å². The number of carbonyl (C=O) groups excluding carboxylic acids is 1. The Morgan fingerprint density at radius 2 is 1.81 bits per heavy atom. The fourth-order valence-corrected chi connectivity index (χ4v) is 2.18. The number of nitrogens with zero attached hydrogens (tertiary/aromatic N) is 1. The topological polar surface area (TPSA) is 114 Å². The van der Waals surface area contributed by atoms with Crippen molar-refractivity contribution in [2.75, 3.05) is 22.0 Å². The summed E-state index contributed by atoms with van der Waals surface area (Å²) in [5.74, 6) is -0.460. The molecular formula is C13H14N4O3S. The molecule has 110 valence electrons. The molecule has 0 radical (unpaired) electrons. The van der Waals surface area contributed by atoms with Gasteiger partial charge in [-0.05, 0) is 24.3 Å². The molecule has 0 saturated heterocycles. The molecule has 2 rings (SSSR count). The van der Waals surface area contributed by atoms with Crippen LogP contribution in [0.25, 0.3) is 0 Å². The fraction of sp³-hybridized carbons (Fsp3) is 0.0769. The van der Waals surface area contributed by atoms with Crippen LogP contribution in [0.15, 0.2) is 42.6 Å². The Labute approximate surface area is 122 Å². The van der Waals surface area contributed by atoms with E-state index in [4.69, 9.17) is 5.73 Å². The van der Waals surface area contributed by atoms with Gasteiger partial charge in [-0.2, -0.15) is 0 Å². The summed E-state index contributed by atoms with van der Waals surface area (Å²) in [7, 11) is -3.44. The average molecular weight is 306 g/mol. The van der Waals surface area contributed by atoms with Crippen LogP contribution in [0.2, 0.25) is 0 Å². The summed E-state index contributed by atoms with van der Waals surface area (Å²) in [6.45, 7) is 0. The van der Waals surface area contributed by atoms with E-state index >= 15 is 0 Å².